The number of halogens is 1. The smallest absolute Gasteiger partial charge is 0.211 e. The summed E-state index contributed by atoms with van der Waals surface area (Å²) in [7, 11) is 0. The molecule has 0 saturated heterocycles. The second-order valence-electron chi connectivity index (χ2n) is 12.6. The van der Waals surface area contributed by atoms with Crippen LogP contribution in [0.2, 0.25) is 0 Å². The van der Waals surface area contributed by atoms with Crippen LogP contribution >= 0.6 is 12.4 Å². The van der Waals surface area contributed by atoms with Gasteiger partial charge in [0.15, 0.2) is 0 Å². The Morgan fingerprint density at radius 3 is 1.22 bits per heavy atom. The number of hydrogen-bond donors (Lipinski definition) is 0. The zero-order chi connectivity index (χ0) is 32.5. The SMILES string of the molecule is CC(C)(C)c1ccccc1[N]=[Fe]=[N]c1ccccc1C(C)(C)C.Cl.O=C(c1ccccc1)c1cccc(C(=O)c2ccccc2)n1. The van der Waals surface area contributed by atoms with Crippen molar-refractivity contribution in [3.05, 3.63) is 161 Å². The second-order valence-corrected chi connectivity index (χ2v) is 13.3. The number of pyridine rings is 1. The molecular formula is C39H40ClFeN3O2. The standard InChI is InChI=1S/C19H13NO2.2C10H13N.ClH.Fe/c21-18(14-8-3-1-4-9-14)16-12-7-13-17(20-16)19(22)15-10-5-2-6-11-15;2*1-10(2,3)8-6-4-5-7-9(8)11;;/h1-13H;2*4-7H,1-3H3;1H;. The fraction of sp³-hybridized carbons (Fsp3) is 0.205. The normalized spacial score (nSPS) is 10.9. The number of aromatic nitrogens is 1. The molecule has 1 aromatic heterocycles. The van der Waals surface area contributed by atoms with Gasteiger partial charge in [-0.25, -0.2) is 4.98 Å². The largest absolute Gasteiger partial charge is 0.287 e. The Kier molecular flexibility index (Phi) is 12.9. The van der Waals surface area contributed by atoms with Crippen LogP contribution in [0.15, 0.2) is 135 Å². The van der Waals surface area contributed by atoms with E-state index in [1.807, 2.05) is 24.3 Å². The summed E-state index contributed by atoms with van der Waals surface area (Å²) in [6.45, 7) is 13.3. The Bertz CT molecular complexity index is 1710. The number of carbonyl (C=O) groups is 2. The molecule has 5 aromatic rings. The topological polar surface area (TPSA) is 71.8 Å². The van der Waals surface area contributed by atoms with Crippen molar-refractivity contribution in [2.45, 2.75) is 52.4 Å². The van der Waals surface area contributed by atoms with E-state index in [1.165, 1.54) is 11.1 Å². The van der Waals surface area contributed by atoms with E-state index in [0.29, 0.717) is 25.7 Å². The summed E-state index contributed by atoms with van der Waals surface area (Å²) in [5.41, 5.74) is 6.43. The number of benzene rings is 4. The number of hydrogen-bond acceptors (Lipinski definition) is 5. The van der Waals surface area contributed by atoms with Gasteiger partial charge in [0.1, 0.15) is 11.4 Å². The molecule has 1 heterocycles. The molecule has 0 atom stereocenters. The maximum atomic E-state index is 12.4. The summed E-state index contributed by atoms with van der Waals surface area (Å²) in [6.07, 6.45) is 0. The molecule has 0 spiro atoms. The summed E-state index contributed by atoms with van der Waals surface area (Å²) in [5, 5.41) is 0. The summed E-state index contributed by atoms with van der Waals surface area (Å²) < 4.78 is 9.45. The minimum Gasteiger partial charge on any atom is -0.287 e. The summed E-state index contributed by atoms with van der Waals surface area (Å²) in [4.78, 5) is 29.0. The first-order valence-corrected chi connectivity index (χ1v) is 15.8. The van der Waals surface area contributed by atoms with Gasteiger partial charge in [-0.05, 0) is 12.1 Å². The molecule has 46 heavy (non-hydrogen) atoms. The molecule has 0 bridgehead atoms. The van der Waals surface area contributed by atoms with E-state index in [4.69, 9.17) is 7.92 Å². The number of nitrogens with zero attached hydrogens (tertiary/aromatic N) is 3. The monoisotopic (exact) mass is 673 g/mol. The van der Waals surface area contributed by atoms with Crippen molar-refractivity contribution >= 4 is 35.3 Å². The predicted octanol–water partition coefficient (Wildman–Crippen LogP) is 10.7. The minimum atomic E-state index is -0.191. The van der Waals surface area contributed by atoms with Gasteiger partial charge in [0.05, 0.1) is 0 Å². The van der Waals surface area contributed by atoms with Gasteiger partial charge in [-0.1, -0.05) is 66.7 Å². The number of ketones is 2. The fourth-order valence-corrected chi connectivity index (χ4v) is 5.33. The molecule has 5 rings (SSSR count). The molecule has 0 aliphatic rings. The first kappa shape index (κ1) is 36.2. The van der Waals surface area contributed by atoms with Gasteiger partial charge in [-0.2, -0.15) is 0 Å². The van der Waals surface area contributed by atoms with Gasteiger partial charge in [0.2, 0.25) is 11.6 Å². The summed E-state index contributed by atoms with van der Waals surface area (Å²) in [5.74, 6) is -0.383. The molecule has 0 unspecified atom stereocenters. The molecule has 0 amide bonds. The van der Waals surface area contributed by atoms with Gasteiger partial charge < -0.3 is 0 Å². The Labute approximate surface area is 284 Å². The van der Waals surface area contributed by atoms with E-state index < -0.39 is 0 Å². The van der Waals surface area contributed by atoms with E-state index in [0.717, 1.165) is 11.4 Å². The van der Waals surface area contributed by atoms with Gasteiger partial charge in [0, 0.05) is 11.1 Å². The van der Waals surface area contributed by atoms with E-state index in [9.17, 15) is 9.59 Å². The van der Waals surface area contributed by atoms with Crippen molar-refractivity contribution in [1.82, 2.24) is 4.98 Å². The van der Waals surface area contributed by atoms with Crippen LogP contribution in [0, 0.1) is 0 Å². The third-order valence-corrected chi connectivity index (χ3v) is 7.70. The molecule has 5 nitrogen and oxygen atoms in total. The summed E-state index contributed by atoms with van der Waals surface area (Å²) >= 11 is 0.459. The van der Waals surface area contributed by atoms with Crippen LogP contribution in [0.4, 0.5) is 11.4 Å². The van der Waals surface area contributed by atoms with Gasteiger partial charge in [0.25, 0.3) is 0 Å². The quantitative estimate of drug-likeness (QED) is 0.133. The third-order valence-electron chi connectivity index (χ3n) is 6.95. The van der Waals surface area contributed by atoms with Crippen molar-refractivity contribution in [2.24, 2.45) is 7.92 Å². The maximum absolute atomic E-state index is 12.4. The molecule has 7 heteroatoms. The van der Waals surface area contributed by atoms with E-state index >= 15 is 0 Å². The molecule has 0 N–H and O–H groups in total. The first-order valence-electron chi connectivity index (χ1n) is 14.8. The molecule has 0 saturated carbocycles. The minimum absolute atomic E-state index is 0. The zero-order valence-electron chi connectivity index (χ0n) is 27.0. The van der Waals surface area contributed by atoms with Crippen LogP contribution in [-0.2, 0) is 25.4 Å². The molecule has 0 radical (unpaired) electrons. The molecule has 0 aliphatic heterocycles. The fourth-order valence-electron chi connectivity index (χ4n) is 4.61. The van der Waals surface area contributed by atoms with Crippen LogP contribution in [0.25, 0.3) is 0 Å². The van der Waals surface area contributed by atoms with Crippen LogP contribution in [0.3, 0.4) is 0 Å². The number of rotatable bonds is 6. The Balaban J connectivity index is 0.000000245. The van der Waals surface area contributed by atoms with Gasteiger partial charge in [-0.3, -0.25) is 9.59 Å². The Morgan fingerprint density at radius 2 is 0.848 bits per heavy atom. The number of carbonyl (C=O) groups excluding carboxylic acids is 2. The van der Waals surface area contributed by atoms with E-state index in [1.54, 1.807) is 66.7 Å². The third kappa shape index (κ3) is 9.89. The van der Waals surface area contributed by atoms with E-state index in [-0.39, 0.29) is 46.2 Å². The molecule has 0 aliphatic carbocycles. The van der Waals surface area contributed by atoms with Crippen LogP contribution in [-0.4, -0.2) is 16.6 Å². The maximum Gasteiger partial charge on any atom is 0.211 e. The van der Waals surface area contributed by atoms with Gasteiger partial charge >= 0.3 is 146 Å². The Morgan fingerprint density at radius 1 is 0.500 bits per heavy atom. The molecule has 4 aromatic carbocycles. The van der Waals surface area contributed by atoms with E-state index in [2.05, 4.69) is 82.9 Å². The van der Waals surface area contributed by atoms with Crippen LogP contribution < -0.4 is 0 Å². The second kappa shape index (κ2) is 16.4. The summed E-state index contributed by atoms with van der Waals surface area (Å²) in [6, 6.07) is 39.4. The van der Waals surface area contributed by atoms with Gasteiger partial charge in [-0.15, -0.1) is 12.4 Å². The first-order chi connectivity index (χ1) is 21.4. The average Bonchev–Trinajstić information content (AvgIpc) is 3.05. The van der Waals surface area contributed by atoms with Crippen molar-refractivity contribution in [3.63, 3.8) is 0 Å². The van der Waals surface area contributed by atoms with Crippen LogP contribution in [0.1, 0.15) is 84.8 Å². The van der Waals surface area contributed by atoms with Crippen molar-refractivity contribution in [2.75, 3.05) is 0 Å². The Hall–Kier alpha value is -4.22. The zero-order valence-corrected chi connectivity index (χ0v) is 29.0. The molecule has 238 valence electrons. The van der Waals surface area contributed by atoms with Crippen LogP contribution in [0.5, 0.6) is 0 Å². The molecular weight excluding hydrogens is 634 g/mol. The average molecular weight is 674 g/mol. The van der Waals surface area contributed by atoms with Crippen molar-refractivity contribution in [3.8, 4) is 0 Å². The predicted molar refractivity (Wildman–Crippen MR) is 186 cm³/mol. The van der Waals surface area contributed by atoms with Crippen molar-refractivity contribution in [1.29, 1.82) is 0 Å². The molecule has 0 fully saturated rings. The van der Waals surface area contributed by atoms with Crippen molar-refractivity contribution < 1.29 is 24.2 Å².